The molecule has 1 fully saturated rings. The molecule has 0 spiro atoms. The molecule has 102 valence electrons. The number of nitrogen functional groups attached to an aromatic ring is 1. The minimum atomic E-state index is 0.222. The van der Waals surface area contributed by atoms with Crippen LogP contribution in [0, 0.1) is 0 Å². The van der Waals surface area contributed by atoms with Crippen molar-refractivity contribution in [1.82, 2.24) is 14.5 Å². The number of nitrogens with zero attached hydrogens (tertiary/aromatic N) is 3. The van der Waals surface area contributed by atoms with E-state index >= 15 is 0 Å². The second-order valence-corrected chi connectivity index (χ2v) is 6.33. The number of rotatable bonds is 3. The fourth-order valence-electron chi connectivity index (χ4n) is 2.72. The van der Waals surface area contributed by atoms with Crippen LogP contribution in [0.2, 0.25) is 0 Å². The van der Waals surface area contributed by atoms with E-state index in [1.807, 2.05) is 23.7 Å². The Morgan fingerprint density at radius 1 is 1.40 bits per heavy atom. The first kappa shape index (κ1) is 11.9. The number of thiazole rings is 1. The second kappa shape index (κ2) is 4.31. The minimum absolute atomic E-state index is 0.222. The van der Waals surface area contributed by atoms with E-state index in [0.717, 1.165) is 21.7 Å². The lowest BCUT2D eigenvalue weighted by Gasteiger charge is -2.15. The Morgan fingerprint density at radius 2 is 2.25 bits per heavy atom. The molecule has 2 aromatic heterocycles. The predicted molar refractivity (Wildman–Crippen MR) is 82.0 cm³/mol. The lowest BCUT2D eigenvalue weighted by atomic mass is 10.2. The van der Waals surface area contributed by atoms with Gasteiger partial charge in [-0.15, -0.1) is 11.3 Å². The fraction of sp³-hybridized carbons (Fsp3) is 0.333. The summed E-state index contributed by atoms with van der Waals surface area (Å²) in [7, 11) is 0. The van der Waals surface area contributed by atoms with Gasteiger partial charge in [-0.2, -0.15) is 0 Å². The summed E-state index contributed by atoms with van der Waals surface area (Å²) in [5.74, 6) is 1.79. The van der Waals surface area contributed by atoms with E-state index in [1.165, 1.54) is 18.7 Å². The molecule has 1 aliphatic carbocycles. The normalized spacial score (nSPS) is 16.6. The van der Waals surface area contributed by atoms with E-state index < -0.39 is 0 Å². The van der Waals surface area contributed by atoms with Gasteiger partial charge < -0.3 is 10.3 Å². The molecule has 0 aliphatic heterocycles. The van der Waals surface area contributed by atoms with Gasteiger partial charge in [0.15, 0.2) is 0 Å². The Hall–Kier alpha value is -1.88. The highest BCUT2D eigenvalue weighted by Crippen LogP contribution is 2.42. The van der Waals surface area contributed by atoms with Crippen molar-refractivity contribution in [3.8, 4) is 0 Å². The van der Waals surface area contributed by atoms with E-state index in [0.29, 0.717) is 5.92 Å². The van der Waals surface area contributed by atoms with Gasteiger partial charge in [0.05, 0.1) is 17.1 Å². The molecule has 1 aromatic carbocycles. The van der Waals surface area contributed by atoms with E-state index in [9.17, 15) is 0 Å². The molecule has 0 bridgehead atoms. The minimum Gasteiger partial charge on any atom is -0.399 e. The van der Waals surface area contributed by atoms with Crippen LogP contribution in [0.1, 0.15) is 42.6 Å². The van der Waals surface area contributed by atoms with Gasteiger partial charge >= 0.3 is 0 Å². The monoisotopic (exact) mass is 284 g/mol. The highest BCUT2D eigenvalue weighted by Gasteiger charge is 2.31. The van der Waals surface area contributed by atoms with Crippen LogP contribution in [0.4, 0.5) is 5.69 Å². The lowest BCUT2D eigenvalue weighted by Crippen LogP contribution is -2.10. The quantitative estimate of drug-likeness (QED) is 0.748. The predicted octanol–water partition coefficient (Wildman–Crippen LogP) is 3.56. The Balaban J connectivity index is 1.93. The summed E-state index contributed by atoms with van der Waals surface area (Å²) in [6.07, 6.45) is 4.34. The summed E-state index contributed by atoms with van der Waals surface area (Å²) in [4.78, 5) is 9.29. The summed E-state index contributed by atoms with van der Waals surface area (Å²) in [5, 5.41) is 3.16. The van der Waals surface area contributed by atoms with Gasteiger partial charge in [0.2, 0.25) is 0 Å². The molecular weight excluding hydrogens is 268 g/mol. The van der Waals surface area contributed by atoms with Crippen molar-refractivity contribution < 1.29 is 0 Å². The summed E-state index contributed by atoms with van der Waals surface area (Å²) in [6.45, 7) is 2.20. The van der Waals surface area contributed by atoms with Gasteiger partial charge in [-0.3, -0.25) is 0 Å². The average Bonchev–Trinajstić information content (AvgIpc) is 3.01. The van der Waals surface area contributed by atoms with Crippen molar-refractivity contribution in [3.63, 3.8) is 0 Å². The summed E-state index contributed by atoms with van der Waals surface area (Å²) >= 11 is 1.70. The Labute approximate surface area is 121 Å². The molecule has 0 saturated heterocycles. The van der Waals surface area contributed by atoms with Gasteiger partial charge in [-0.1, -0.05) is 0 Å². The third-order valence-electron chi connectivity index (χ3n) is 3.88. The van der Waals surface area contributed by atoms with Gasteiger partial charge in [0.25, 0.3) is 0 Å². The van der Waals surface area contributed by atoms with Crippen molar-refractivity contribution in [3.05, 3.63) is 40.6 Å². The maximum absolute atomic E-state index is 5.89. The Morgan fingerprint density at radius 3 is 2.95 bits per heavy atom. The molecule has 4 nitrogen and oxygen atoms in total. The SMILES string of the molecule is CC(c1nccs1)n1c(C2CC2)nc2cc(N)ccc21. The van der Waals surface area contributed by atoms with Crippen LogP contribution in [-0.2, 0) is 0 Å². The standard InChI is InChI=1S/C15H16N4S/c1-9(15-17-6-7-20-15)19-13-5-4-11(16)8-12(13)18-14(19)10-2-3-10/h4-10H,2-3,16H2,1H3. The van der Waals surface area contributed by atoms with Crippen LogP contribution >= 0.6 is 11.3 Å². The van der Waals surface area contributed by atoms with Crippen LogP contribution < -0.4 is 5.73 Å². The molecule has 1 saturated carbocycles. The number of nitrogens with two attached hydrogens (primary N) is 1. The summed E-state index contributed by atoms with van der Waals surface area (Å²) < 4.78 is 2.34. The van der Waals surface area contributed by atoms with E-state index in [4.69, 9.17) is 10.7 Å². The fourth-order valence-corrected chi connectivity index (χ4v) is 3.41. The zero-order valence-electron chi connectivity index (χ0n) is 11.3. The van der Waals surface area contributed by atoms with Gasteiger partial charge in [0.1, 0.15) is 10.8 Å². The number of hydrogen-bond donors (Lipinski definition) is 1. The van der Waals surface area contributed by atoms with Crippen LogP contribution in [0.3, 0.4) is 0 Å². The van der Waals surface area contributed by atoms with Crippen molar-refractivity contribution in [2.75, 3.05) is 5.73 Å². The maximum Gasteiger partial charge on any atom is 0.115 e. The van der Waals surface area contributed by atoms with E-state index in [-0.39, 0.29) is 6.04 Å². The molecular formula is C15H16N4S. The van der Waals surface area contributed by atoms with E-state index in [2.05, 4.69) is 22.5 Å². The van der Waals surface area contributed by atoms with Crippen LogP contribution in [0.25, 0.3) is 11.0 Å². The third kappa shape index (κ3) is 1.81. The first-order chi connectivity index (χ1) is 9.74. The van der Waals surface area contributed by atoms with Crippen LogP contribution in [0.15, 0.2) is 29.8 Å². The van der Waals surface area contributed by atoms with Crippen molar-refractivity contribution in [2.45, 2.75) is 31.7 Å². The molecule has 3 aromatic rings. The Kier molecular flexibility index (Phi) is 2.57. The summed E-state index contributed by atoms with van der Waals surface area (Å²) in [5.41, 5.74) is 8.81. The zero-order valence-corrected chi connectivity index (χ0v) is 12.1. The zero-order chi connectivity index (χ0) is 13.7. The number of fused-ring (bicyclic) bond motifs is 1. The number of hydrogen-bond acceptors (Lipinski definition) is 4. The van der Waals surface area contributed by atoms with Crippen LogP contribution in [0.5, 0.6) is 0 Å². The average molecular weight is 284 g/mol. The number of anilines is 1. The van der Waals surface area contributed by atoms with E-state index in [1.54, 1.807) is 11.3 Å². The molecule has 2 heterocycles. The molecule has 1 aliphatic rings. The number of benzene rings is 1. The highest BCUT2D eigenvalue weighted by molar-refractivity contribution is 7.09. The first-order valence-corrected chi connectivity index (χ1v) is 7.79. The molecule has 1 unspecified atom stereocenters. The molecule has 1 atom stereocenters. The lowest BCUT2D eigenvalue weighted by molar-refractivity contribution is 0.616. The molecule has 0 radical (unpaired) electrons. The second-order valence-electron chi connectivity index (χ2n) is 5.41. The Bertz CT molecular complexity index is 756. The summed E-state index contributed by atoms with van der Waals surface area (Å²) in [6, 6.07) is 6.21. The topological polar surface area (TPSA) is 56.7 Å². The molecule has 20 heavy (non-hydrogen) atoms. The largest absolute Gasteiger partial charge is 0.399 e. The van der Waals surface area contributed by atoms with Crippen molar-refractivity contribution in [2.24, 2.45) is 0 Å². The van der Waals surface area contributed by atoms with Gasteiger partial charge in [-0.05, 0) is 38.0 Å². The van der Waals surface area contributed by atoms with Crippen LogP contribution in [-0.4, -0.2) is 14.5 Å². The third-order valence-corrected chi connectivity index (χ3v) is 4.83. The highest BCUT2D eigenvalue weighted by atomic mass is 32.1. The smallest absolute Gasteiger partial charge is 0.115 e. The number of imidazole rings is 1. The maximum atomic E-state index is 5.89. The molecule has 0 amide bonds. The van der Waals surface area contributed by atoms with Gasteiger partial charge in [0, 0.05) is 23.2 Å². The van der Waals surface area contributed by atoms with Gasteiger partial charge in [-0.25, -0.2) is 9.97 Å². The molecule has 4 rings (SSSR count). The van der Waals surface area contributed by atoms with Crippen molar-refractivity contribution in [1.29, 1.82) is 0 Å². The number of aromatic nitrogens is 3. The first-order valence-electron chi connectivity index (χ1n) is 6.91. The van der Waals surface area contributed by atoms with Crippen molar-refractivity contribution >= 4 is 28.1 Å². The molecule has 5 heteroatoms. The molecule has 2 N–H and O–H groups in total.